The van der Waals surface area contributed by atoms with Crippen molar-refractivity contribution >= 4 is 33.1 Å². The Morgan fingerprint density at radius 2 is 1.90 bits per heavy atom. The van der Waals surface area contributed by atoms with Gasteiger partial charge in [0.05, 0.1) is 0 Å². The van der Waals surface area contributed by atoms with Gasteiger partial charge in [-0.3, -0.25) is 0 Å². The van der Waals surface area contributed by atoms with Crippen LogP contribution in [-0.4, -0.2) is 14.4 Å². The maximum absolute atomic E-state index is 6.39. The van der Waals surface area contributed by atoms with Crippen molar-refractivity contribution in [3.63, 3.8) is 0 Å². The molecule has 1 atom stereocenters. The van der Waals surface area contributed by atoms with E-state index in [9.17, 15) is 0 Å². The van der Waals surface area contributed by atoms with E-state index in [0.29, 0.717) is 6.10 Å². The van der Waals surface area contributed by atoms with E-state index >= 15 is 0 Å². The molecule has 5 heteroatoms. The maximum Gasteiger partial charge on any atom is -0.147 e. The summed E-state index contributed by atoms with van der Waals surface area (Å²) in [5.41, 5.74) is 1.53. The molecule has 0 aromatic carbocycles. The van der Waals surface area contributed by atoms with Gasteiger partial charge in [0.2, 0.25) is 0 Å². The Hall–Kier alpha value is 0.600. The second-order valence-electron chi connectivity index (χ2n) is 6.12. The van der Waals surface area contributed by atoms with Crippen LogP contribution in [0.25, 0.3) is 0 Å². The van der Waals surface area contributed by atoms with Crippen molar-refractivity contribution < 1.29 is 27.7 Å². The average molecular weight is 425 g/mol. The first-order valence-electron chi connectivity index (χ1n) is 7.19. The third-order valence-electron chi connectivity index (χ3n) is 3.26. The Morgan fingerprint density at radius 1 is 1.19 bits per heavy atom. The second-order valence-corrected chi connectivity index (χ2v) is 14.3. The summed E-state index contributed by atoms with van der Waals surface area (Å²) in [7, 11) is -1.46. The van der Waals surface area contributed by atoms with E-state index in [4.69, 9.17) is 4.43 Å². The molecule has 118 valence electrons. The van der Waals surface area contributed by atoms with Crippen LogP contribution < -0.4 is 0 Å². The van der Waals surface area contributed by atoms with Crippen LogP contribution in [0.1, 0.15) is 26.2 Å². The number of rotatable bonds is 6. The Bertz CT molecular complexity index is 461. The van der Waals surface area contributed by atoms with Gasteiger partial charge >= 0.3 is 130 Å². The van der Waals surface area contributed by atoms with E-state index in [1.165, 1.54) is 18.4 Å². The number of hydrogen-bond acceptors (Lipinski definition) is 1. The summed E-state index contributed by atoms with van der Waals surface area (Å²) in [5, 5.41) is 0. The average Bonchev–Trinajstić information content (AvgIpc) is 2.97. The SMILES string of the molecule is CCC(O[Si](C)(C)C)C1=[C]([Zr][C]2=CC=CC2)CC=C1.Cl.Cl. The van der Waals surface area contributed by atoms with E-state index in [1.54, 1.807) is 6.56 Å². The molecule has 0 aliphatic heterocycles. The Morgan fingerprint density at radius 3 is 2.43 bits per heavy atom. The minimum absolute atomic E-state index is 0. The molecule has 21 heavy (non-hydrogen) atoms. The van der Waals surface area contributed by atoms with E-state index in [2.05, 4.69) is 56.9 Å². The fraction of sp³-hybridized carbons (Fsp3) is 0.500. The molecule has 0 heterocycles. The molecule has 0 aromatic heterocycles. The summed E-state index contributed by atoms with van der Waals surface area (Å²) >= 11 is -0.543. The molecule has 0 saturated carbocycles. The molecule has 0 radical (unpaired) electrons. The van der Waals surface area contributed by atoms with Gasteiger partial charge in [-0.1, -0.05) is 0 Å². The molecule has 1 nitrogen and oxygen atoms in total. The van der Waals surface area contributed by atoms with Gasteiger partial charge in [-0.25, -0.2) is 0 Å². The van der Waals surface area contributed by atoms with Crippen LogP contribution in [0.2, 0.25) is 19.6 Å². The van der Waals surface area contributed by atoms with Crippen molar-refractivity contribution in [2.24, 2.45) is 0 Å². The Kier molecular flexibility index (Phi) is 9.95. The predicted molar refractivity (Wildman–Crippen MR) is 95.6 cm³/mol. The first-order valence-corrected chi connectivity index (χ1v) is 13.1. The molecule has 0 spiro atoms. The van der Waals surface area contributed by atoms with Crippen LogP contribution in [0.5, 0.6) is 0 Å². The van der Waals surface area contributed by atoms with E-state index in [1.807, 2.05) is 0 Å². The smallest absolute Gasteiger partial charge is 0.147 e. The molecule has 0 amide bonds. The van der Waals surface area contributed by atoms with Crippen molar-refractivity contribution in [2.45, 2.75) is 51.9 Å². The summed E-state index contributed by atoms with van der Waals surface area (Å²) in [4.78, 5) is 0. The monoisotopic (exact) mass is 422 g/mol. The molecule has 0 N–H and O–H groups in total. The van der Waals surface area contributed by atoms with Gasteiger partial charge in [-0.2, -0.15) is 0 Å². The van der Waals surface area contributed by atoms with Crippen molar-refractivity contribution in [1.29, 1.82) is 0 Å². The third-order valence-corrected chi connectivity index (χ3v) is 7.91. The van der Waals surface area contributed by atoms with Crippen molar-refractivity contribution in [1.82, 2.24) is 0 Å². The van der Waals surface area contributed by atoms with E-state index < -0.39 is 31.6 Å². The molecule has 2 aliphatic carbocycles. The number of allylic oxidation sites excluding steroid dienone is 6. The number of halogens is 2. The molecule has 1 unspecified atom stereocenters. The van der Waals surface area contributed by atoms with Gasteiger partial charge in [0.1, 0.15) is 0 Å². The van der Waals surface area contributed by atoms with Gasteiger partial charge in [-0.15, -0.1) is 24.8 Å². The van der Waals surface area contributed by atoms with Crippen LogP contribution >= 0.6 is 24.8 Å². The second kappa shape index (κ2) is 9.67. The zero-order chi connectivity index (χ0) is 13.9. The van der Waals surface area contributed by atoms with E-state index in [0.717, 1.165) is 6.42 Å². The summed E-state index contributed by atoms with van der Waals surface area (Å²) in [6.07, 6.45) is 15.4. The maximum atomic E-state index is 6.39. The summed E-state index contributed by atoms with van der Waals surface area (Å²) in [6, 6.07) is 0. The Balaban J connectivity index is 0.00000200. The minimum atomic E-state index is -1.46. The Labute approximate surface area is 154 Å². The van der Waals surface area contributed by atoms with Crippen LogP contribution in [0.3, 0.4) is 0 Å². The first kappa shape index (κ1) is 21.6. The third kappa shape index (κ3) is 6.71. The minimum Gasteiger partial charge on any atom is -0.147 e. The molecule has 0 saturated heterocycles. The van der Waals surface area contributed by atoms with Gasteiger partial charge in [0, 0.05) is 0 Å². The molecular weight excluding hydrogens is 398 g/mol. The van der Waals surface area contributed by atoms with Crippen molar-refractivity contribution in [3.05, 3.63) is 42.5 Å². The zero-order valence-electron chi connectivity index (χ0n) is 13.3. The fourth-order valence-corrected chi connectivity index (χ4v) is 7.05. The predicted octanol–water partition coefficient (Wildman–Crippen LogP) is 5.60. The van der Waals surface area contributed by atoms with Gasteiger partial charge in [-0.05, 0) is 0 Å². The summed E-state index contributed by atoms with van der Waals surface area (Å²) in [6.45, 7) is 9.12. The standard InChI is InChI=1S/C11H19OSi.C5H5.2ClH.Zr/c1-5-11(12-13(2,3)4)10-8-6-7-9-10;1-2-4-5-3-1;;;/h6,8,11H,5,7H2,1-4H3;1-3H,4H2;2*1H;. The molecular formula is C16H26Cl2OSiZr. The quantitative estimate of drug-likeness (QED) is 0.504. The molecule has 0 aromatic rings. The van der Waals surface area contributed by atoms with E-state index in [-0.39, 0.29) is 24.8 Å². The molecule has 2 rings (SSSR count). The summed E-state index contributed by atoms with van der Waals surface area (Å²) in [5.74, 6) is 0. The van der Waals surface area contributed by atoms with Crippen molar-refractivity contribution in [2.75, 3.05) is 0 Å². The summed E-state index contributed by atoms with van der Waals surface area (Å²) < 4.78 is 9.84. The van der Waals surface area contributed by atoms with Gasteiger partial charge in [0.25, 0.3) is 0 Å². The zero-order valence-corrected chi connectivity index (χ0v) is 18.4. The molecule has 0 fully saturated rings. The van der Waals surface area contributed by atoms with Crippen LogP contribution in [0.15, 0.2) is 42.5 Å². The largest absolute Gasteiger partial charge is 0.147 e. The molecule has 2 aliphatic rings. The molecule has 0 bridgehead atoms. The van der Waals surface area contributed by atoms with Crippen LogP contribution in [0, 0.1) is 0 Å². The number of hydrogen-bond donors (Lipinski definition) is 0. The van der Waals surface area contributed by atoms with Crippen molar-refractivity contribution in [3.8, 4) is 0 Å². The topological polar surface area (TPSA) is 9.23 Å². The van der Waals surface area contributed by atoms with Crippen LogP contribution in [-0.2, 0) is 27.7 Å². The normalized spacial score (nSPS) is 18.2. The van der Waals surface area contributed by atoms with Crippen LogP contribution in [0.4, 0.5) is 0 Å². The van der Waals surface area contributed by atoms with Gasteiger partial charge < -0.3 is 0 Å². The fourth-order valence-electron chi connectivity index (χ4n) is 2.47. The first-order chi connectivity index (χ1) is 8.99. The van der Waals surface area contributed by atoms with Gasteiger partial charge in [0.15, 0.2) is 0 Å².